The summed E-state index contributed by atoms with van der Waals surface area (Å²) in [5.41, 5.74) is 7.56. The highest BCUT2D eigenvalue weighted by molar-refractivity contribution is 5.55. The van der Waals surface area contributed by atoms with E-state index in [0.717, 1.165) is 24.2 Å². The van der Waals surface area contributed by atoms with Crippen molar-refractivity contribution < 1.29 is 4.39 Å². The van der Waals surface area contributed by atoms with Gasteiger partial charge in [0.15, 0.2) is 0 Å². The first-order chi connectivity index (χ1) is 8.51. The second-order valence-corrected chi connectivity index (χ2v) is 4.96. The molecule has 0 radical (unpaired) electrons. The predicted octanol–water partition coefficient (Wildman–Crippen LogP) is 3.34. The summed E-state index contributed by atoms with van der Waals surface area (Å²) in [7, 11) is 0. The van der Waals surface area contributed by atoms with Crippen molar-refractivity contribution in [2.75, 3.05) is 11.4 Å². The van der Waals surface area contributed by atoms with Gasteiger partial charge in [0, 0.05) is 29.9 Å². The van der Waals surface area contributed by atoms with Crippen LogP contribution in [0, 0.1) is 5.82 Å². The van der Waals surface area contributed by atoms with E-state index in [1.54, 1.807) is 6.07 Å². The van der Waals surface area contributed by atoms with Crippen LogP contribution in [-0.2, 0) is 6.42 Å². The molecule has 0 aliphatic heterocycles. The Morgan fingerprint density at radius 3 is 2.44 bits per heavy atom. The Kier molecular flexibility index (Phi) is 5.60. The van der Waals surface area contributed by atoms with Gasteiger partial charge in [-0.2, -0.15) is 0 Å². The van der Waals surface area contributed by atoms with Crippen molar-refractivity contribution >= 4 is 5.69 Å². The summed E-state index contributed by atoms with van der Waals surface area (Å²) in [6.45, 7) is 9.22. The summed E-state index contributed by atoms with van der Waals surface area (Å²) in [5, 5.41) is 0. The number of nitrogens with two attached hydrogens (primary N) is 1. The first-order valence-electron chi connectivity index (χ1n) is 6.80. The third-order valence-corrected chi connectivity index (χ3v) is 3.39. The van der Waals surface area contributed by atoms with E-state index in [2.05, 4.69) is 25.7 Å². The normalized spacial score (nSPS) is 14.3. The second kappa shape index (κ2) is 6.74. The number of hydrogen-bond donors (Lipinski definition) is 1. The van der Waals surface area contributed by atoms with Gasteiger partial charge in [-0.1, -0.05) is 13.0 Å². The van der Waals surface area contributed by atoms with Crippen LogP contribution in [0.3, 0.4) is 0 Å². The van der Waals surface area contributed by atoms with Gasteiger partial charge >= 0.3 is 0 Å². The zero-order chi connectivity index (χ0) is 13.7. The minimum Gasteiger partial charge on any atom is -0.369 e. The lowest BCUT2D eigenvalue weighted by molar-refractivity contribution is 0.583. The first kappa shape index (κ1) is 15.0. The number of benzene rings is 1. The zero-order valence-electron chi connectivity index (χ0n) is 11.9. The van der Waals surface area contributed by atoms with Crippen LogP contribution in [0.25, 0.3) is 0 Å². The maximum atomic E-state index is 14.0. The van der Waals surface area contributed by atoms with Crippen LogP contribution < -0.4 is 10.6 Å². The molecular weight excluding hydrogens is 227 g/mol. The molecule has 1 rings (SSSR count). The van der Waals surface area contributed by atoms with Gasteiger partial charge in [0.05, 0.1) is 0 Å². The van der Waals surface area contributed by atoms with Gasteiger partial charge in [0.2, 0.25) is 0 Å². The summed E-state index contributed by atoms with van der Waals surface area (Å²) in [6, 6.07) is 5.67. The van der Waals surface area contributed by atoms with E-state index in [0.29, 0.717) is 12.5 Å². The van der Waals surface area contributed by atoms with Crippen molar-refractivity contribution in [2.24, 2.45) is 5.73 Å². The third-order valence-electron chi connectivity index (χ3n) is 3.39. The smallest absolute Gasteiger partial charge is 0.128 e. The molecule has 3 heteroatoms. The molecule has 0 heterocycles. The van der Waals surface area contributed by atoms with Crippen molar-refractivity contribution in [1.29, 1.82) is 0 Å². The number of hydrogen-bond acceptors (Lipinski definition) is 2. The van der Waals surface area contributed by atoms with Gasteiger partial charge < -0.3 is 10.6 Å². The first-order valence-corrected chi connectivity index (χ1v) is 6.80. The average Bonchev–Trinajstić information content (AvgIpc) is 2.33. The molecule has 0 spiro atoms. The van der Waals surface area contributed by atoms with Crippen LogP contribution in [0.5, 0.6) is 0 Å². The molecular formula is C15H25FN2. The second-order valence-electron chi connectivity index (χ2n) is 4.96. The Morgan fingerprint density at radius 2 is 1.94 bits per heavy atom. The van der Waals surface area contributed by atoms with Crippen molar-refractivity contribution in [2.45, 2.75) is 52.6 Å². The van der Waals surface area contributed by atoms with Crippen LogP contribution in [0.15, 0.2) is 18.2 Å². The minimum atomic E-state index is -0.147. The molecule has 0 saturated carbocycles. The van der Waals surface area contributed by atoms with Crippen molar-refractivity contribution in [3.63, 3.8) is 0 Å². The molecule has 0 aliphatic carbocycles. The number of halogens is 1. The largest absolute Gasteiger partial charge is 0.369 e. The summed E-state index contributed by atoms with van der Waals surface area (Å²) in [4.78, 5) is 2.25. The Balaban J connectivity index is 3.16. The lowest BCUT2D eigenvalue weighted by Crippen LogP contribution is -2.34. The molecule has 0 bridgehead atoms. The topological polar surface area (TPSA) is 29.3 Å². The Bertz CT molecular complexity index is 377. The molecule has 18 heavy (non-hydrogen) atoms. The lowest BCUT2D eigenvalue weighted by Gasteiger charge is -2.32. The third kappa shape index (κ3) is 3.45. The molecule has 0 aliphatic rings. The highest BCUT2D eigenvalue weighted by Gasteiger charge is 2.18. The summed E-state index contributed by atoms with van der Waals surface area (Å²) in [5.74, 6) is -0.147. The van der Waals surface area contributed by atoms with E-state index in [1.165, 1.54) is 6.07 Å². The number of rotatable bonds is 6. The van der Waals surface area contributed by atoms with E-state index >= 15 is 0 Å². The summed E-state index contributed by atoms with van der Waals surface area (Å²) < 4.78 is 14.0. The molecule has 2 atom stereocenters. The van der Waals surface area contributed by atoms with Gasteiger partial charge in [0.25, 0.3) is 0 Å². The maximum absolute atomic E-state index is 14.0. The molecule has 0 fully saturated rings. The zero-order valence-corrected chi connectivity index (χ0v) is 11.9. The number of nitrogens with zero attached hydrogens (tertiary/aromatic N) is 1. The van der Waals surface area contributed by atoms with Crippen LogP contribution in [0.4, 0.5) is 10.1 Å². The standard InChI is InChI=1S/C15H25FN2/c1-5-12(4)18(6-2)15-9-7-8-14(16)13(15)10-11(3)17/h7-9,11-12H,5-6,10,17H2,1-4H3. The van der Waals surface area contributed by atoms with Crippen LogP contribution in [-0.4, -0.2) is 18.6 Å². The van der Waals surface area contributed by atoms with Gasteiger partial charge in [-0.25, -0.2) is 4.39 Å². The quantitative estimate of drug-likeness (QED) is 0.841. The van der Waals surface area contributed by atoms with Gasteiger partial charge in [-0.15, -0.1) is 0 Å². The van der Waals surface area contributed by atoms with E-state index in [4.69, 9.17) is 5.73 Å². The molecule has 1 aromatic carbocycles. The van der Waals surface area contributed by atoms with Crippen molar-refractivity contribution in [3.8, 4) is 0 Å². The minimum absolute atomic E-state index is 0.0312. The fraction of sp³-hybridized carbons (Fsp3) is 0.600. The molecule has 0 aromatic heterocycles. The summed E-state index contributed by atoms with van der Waals surface area (Å²) >= 11 is 0. The van der Waals surface area contributed by atoms with Crippen LogP contribution in [0.2, 0.25) is 0 Å². The highest BCUT2D eigenvalue weighted by atomic mass is 19.1. The van der Waals surface area contributed by atoms with Crippen LogP contribution >= 0.6 is 0 Å². The molecule has 2 nitrogen and oxygen atoms in total. The average molecular weight is 252 g/mol. The molecule has 1 aromatic rings. The number of anilines is 1. The molecule has 0 amide bonds. The Morgan fingerprint density at radius 1 is 1.28 bits per heavy atom. The molecule has 102 valence electrons. The SMILES string of the molecule is CCC(C)N(CC)c1cccc(F)c1CC(C)N. The van der Waals surface area contributed by atoms with Gasteiger partial charge in [-0.05, 0) is 45.7 Å². The summed E-state index contributed by atoms with van der Waals surface area (Å²) in [6.07, 6.45) is 1.62. The monoisotopic (exact) mass is 252 g/mol. The molecule has 0 saturated heterocycles. The van der Waals surface area contributed by atoms with E-state index in [9.17, 15) is 4.39 Å². The maximum Gasteiger partial charge on any atom is 0.128 e. The Labute approximate surface area is 110 Å². The molecule has 2 unspecified atom stereocenters. The van der Waals surface area contributed by atoms with E-state index in [-0.39, 0.29) is 11.9 Å². The fourth-order valence-electron chi connectivity index (χ4n) is 2.28. The molecule has 2 N–H and O–H groups in total. The Hall–Kier alpha value is -1.09. The van der Waals surface area contributed by atoms with Gasteiger partial charge in [-0.3, -0.25) is 0 Å². The van der Waals surface area contributed by atoms with Crippen molar-refractivity contribution in [1.82, 2.24) is 0 Å². The van der Waals surface area contributed by atoms with E-state index < -0.39 is 0 Å². The highest BCUT2D eigenvalue weighted by Crippen LogP contribution is 2.26. The predicted molar refractivity (Wildman–Crippen MR) is 76.5 cm³/mol. The van der Waals surface area contributed by atoms with Crippen LogP contribution in [0.1, 0.15) is 39.7 Å². The van der Waals surface area contributed by atoms with Gasteiger partial charge in [0.1, 0.15) is 5.82 Å². The fourth-order valence-corrected chi connectivity index (χ4v) is 2.28. The lowest BCUT2D eigenvalue weighted by atomic mass is 10.0. The van der Waals surface area contributed by atoms with E-state index in [1.807, 2.05) is 13.0 Å². The van der Waals surface area contributed by atoms with Crippen molar-refractivity contribution in [3.05, 3.63) is 29.6 Å².